The Morgan fingerprint density at radius 2 is 2.00 bits per heavy atom. The predicted molar refractivity (Wildman–Crippen MR) is 121 cm³/mol. The van der Waals surface area contributed by atoms with Gasteiger partial charge in [0.2, 0.25) is 0 Å². The molecular weight excluding hydrogens is 476 g/mol. The Bertz CT molecular complexity index is 1270. The second kappa shape index (κ2) is 8.47. The van der Waals surface area contributed by atoms with Gasteiger partial charge in [-0.3, -0.25) is 9.36 Å². The molecule has 0 bridgehead atoms. The van der Waals surface area contributed by atoms with Crippen molar-refractivity contribution in [2.24, 2.45) is 7.05 Å². The molecule has 2 aromatic heterocycles. The van der Waals surface area contributed by atoms with Gasteiger partial charge in [0.1, 0.15) is 5.82 Å². The van der Waals surface area contributed by atoms with E-state index in [1.807, 2.05) is 41.9 Å². The van der Waals surface area contributed by atoms with E-state index in [2.05, 4.69) is 20.9 Å². The van der Waals surface area contributed by atoms with Gasteiger partial charge in [-0.15, -0.1) is 0 Å². The van der Waals surface area contributed by atoms with Crippen LogP contribution in [-0.4, -0.2) is 32.8 Å². The summed E-state index contributed by atoms with van der Waals surface area (Å²) < 4.78 is 9.74. The predicted octanol–water partition coefficient (Wildman–Crippen LogP) is 4.64. The highest BCUT2D eigenvalue weighted by atomic mass is 79.9. The first-order chi connectivity index (χ1) is 14.0. The maximum Gasteiger partial charge on any atom is 0.262 e. The Kier molecular flexibility index (Phi) is 5.96. The summed E-state index contributed by atoms with van der Waals surface area (Å²) in [6, 6.07) is 11.2. The summed E-state index contributed by atoms with van der Waals surface area (Å²) >= 11 is 11.0. The van der Waals surface area contributed by atoms with Crippen LogP contribution in [0.1, 0.15) is 5.82 Å². The molecule has 0 saturated heterocycles. The number of benzene rings is 2. The minimum Gasteiger partial charge on any atom is -0.383 e. The standard InChI is InChI=1S/C20H18BrClN4O2S/c1-25-17-6-4-13(22)10-16(17)23-18(25)11-29-20-24-15-5-3-12(21)9-14(15)19(27)26(20)7-8-28-2/h3-6,9-10H,7-8,11H2,1-2H3. The largest absolute Gasteiger partial charge is 0.383 e. The number of rotatable bonds is 6. The van der Waals surface area contributed by atoms with Crippen molar-refractivity contribution in [2.45, 2.75) is 17.5 Å². The number of imidazole rings is 1. The maximum absolute atomic E-state index is 13.1. The average molecular weight is 494 g/mol. The van der Waals surface area contributed by atoms with Gasteiger partial charge in [0, 0.05) is 23.7 Å². The highest BCUT2D eigenvalue weighted by molar-refractivity contribution is 9.10. The summed E-state index contributed by atoms with van der Waals surface area (Å²) in [4.78, 5) is 22.5. The Balaban J connectivity index is 1.72. The van der Waals surface area contributed by atoms with Crippen molar-refractivity contribution < 1.29 is 4.74 Å². The first-order valence-electron chi connectivity index (χ1n) is 8.90. The Hall–Kier alpha value is -1.87. The van der Waals surface area contributed by atoms with Crippen molar-refractivity contribution in [1.82, 2.24) is 19.1 Å². The molecule has 4 rings (SSSR count). The molecule has 9 heteroatoms. The van der Waals surface area contributed by atoms with E-state index in [0.717, 1.165) is 21.3 Å². The van der Waals surface area contributed by atoms with Gasteiger partial charge in [0.25, 0.3) is 5.56 Å². The van der Waals surface area contributed by atoms with Crippen molar-refractivity contribution in [1.29, 1.82) is 0 Å². The van der Waals surface area contributed by atoms with Gasteiger partial charge in [0.15, 0.2) is 5.16 Å². The van der Waals surface area contributed by atoms with Gasteiger partial charge in [-0.05, 0) is 36.4 Å². The number of aryl methyl sites for hydroxylation is 1. The first kappa shape index (κ1) is 20.4. The van der Waals surface area contributed by atoms with Gasteiger partial charge in [-0.2, -0.15) is 0 Å². The zero-order valence-electron chi connectivity index (χ0n) is 15.9. The van der Waals surface area contributed by atoms with E-state index in [9.17, 15) is 4.79 Å². The van der Waals surface area contributed by atoms with Crippen molar-refractivity contribution in [3.8, 4) is 0 Å². The van der Waals surface area contributed by atoms with E-state index in [1.54, 1.807) is 17.7 Å². The number of aromatic nitrogens is 4. The van der Waals surface area contributed by atoms with Gasteiger partial charge < -0.3 is 9.30 Å². The maximum atomic E-state index is 13.1. The van der Waals surface area contributed by atoms with E-state index in [0.29, 0.717) is 40.0 Å². The van der Waals surface area contributed by atoms with Crippen LogP contribution in [0.25, 0.3) is 21.9 Å². The zero-order valence-corrected chi connectivity index (χ0v) is 19.0. The summed E-state index contributed by atoms with van der Waals surface area (Å²) in [5, 5.41) is 1.88. The molecule has 0 spiro atoms. The highest BCUT2D eigenvalue weighted by Crippen LogP contribution is 2.26. The first-order valence-corrected chi connectivity index (χ1v) is 11.1. The number of methoxy groups -OCH3 is 1. The molecule has 2 aromatic carbocycles. The van der Waals surface area contributed by atoms with Crippen LogP contribution in [0.2, 0.25) is 5.02 Å². The van der Waals surface area contributed by atoms with E-state index >= 15 is 0 Å². The molecule has 6 nitrogen and oxygen atoms in total. The SMILES string of the molecule is COCCn1c(SCc2nc3cc(Cl)ccc3n2C)nc2ccc(Br)cc2c1=O. The second-order valence-electron chi connectivity index (χ2n) is 6.51. The fourth-order valence-corrected chi connectivity index (χ4v) is 4.68. The number of halogens is 2. The molecular formula is C20H18BrClN4O2S. The minimum atomic E-state index is -0.0763. The summed E-state index contributed by atoms with van der Waals surface area (Å²) in [6.07, 6.45) is 0. The Morgan fingerprint density at radius 1 is 1.17 bits per heavy atom. The lowest BCUT2D eigenvalue weighted by Gasteiger charge is -2.13. The summed E-state index contributed by atoms with van der Waals surface area (Å²) in [5.41, 5.74) is 2.46. The summed E-state index contributed by atoms with van der Waals surface area (Å²) in [5.74, 6) is 1.46. The number of hydrogen-bond donors (Lipinski definition) is 0. The monoisotopic (exact) mass is 492 g/mol. The highest BCUT2D eigenvalue weighted by Gasteiger charge is 2.14. The average Bonchev–Trinajstić information content (AvgIpc) is 3.01. The smallest absolute Gasteiger partial charge is 0.262 e. The molecule has 0 N–H and O–H groups in total. The van der Waals surface area contributed by atoms with E-state index in [-0.39, 0.29) is 5.56 Å². The van der Waals surface area contributed by atoms with Crippen LogP contribution in [0.15, 0.2) is 50.8 Å². The number of hydrogen-bond acceptors (Lipinski definition) is 5. The van der Waals surface area contributed by atoms with Gasteiger partial charge in [-0.25, -0.2) is 9.97 Å². The molecule has 2 heterocycles. The molecule has 0 radical (unpaired) electrons. The molecule has 0 aliphatic carbocycles. The van der Waals surface area contributed by atoms with E-state index in [4.69, 9.17) is 21.3 Å². The van der Waals surface area contributed by atoms with Gasteiger partial charge in [-0.1, -0.05) is 39.3 Å². The van der Waals surface area contributed by atoms with Crippen LogP contribution >= 0.6 is 39.3 Å². The fraction of sp³-hybridized carbons (Fsp3) is 0.250. The van der Waals surface area contributed by atoms with Crippen LogP contribution < -0.4 is 5.56 Å². The normalized spacial score (nSPS) is 11.6. The third kappa shape index (κ3) is 4.07. The zero-order chi connectivity index (χ0) is 20.5. The van der Waals surface area contributed by atoms with E-state index in [1.165, 1.54) is 11.8 Å². The molecule has 0 aliphatic rings. The van der Waals surface area contributed by atoms with Crippen LogP contribution in [-0.2, 0) is 24.1 Å². The molecule has 150 valence electrons. The lowest BCUT2D eigenvalue weighted by molar-refractivity contribution is 0.183. The molecule has 0 aliphatic heterocycles. The molecule has 4 aromatic rings. The lowest BCUT2D eigenvalue weighted by Crippen LogP contribution is -2.25. The number of ether oxygens (including phenoxy) is 1. The Morgan fingerprint density at radius 3 is 2.79 bits per heavy atom. The Labute approximate surface area is 185 Å². The fourth-order valence-electron chi connectivity index (χ4n) is 3.14. The molecule has 29 heavy (non-hydrogen) atoms. The van der Waals surface area contributed by atoms with Crippen molar-refractivity contribution in [3.05, 3.63) is 62.1 Å². The minimum absolute atomic E-state index is 0.0763. The lowest BCUT2D eigenvalue weighted by atomic mass is 10.2. The van der Waals surface area contributed by atoms with Gasteiger partial charge in [0.05, 0.1) is 40.8 Å². The van der Waals surface area contributed by atoms with Crippen LogP contribution in [0.5, 0.6) is 0 Å². The molecule has 0 amide bonds. The molecule has 0 atom stereocenters. The molecule has 0 saturated carbocycles. The third-order valence-electron chi connectivity index (χ3n) is 4.67. The quantitative estimate of drug-likeness (QED) is 0.289. The van der Waals surface area contributed by atoms with Crippen LogP contribution in [0.4, 0.5) is 0 Å². The molecule has 0 fully saturated rings. The van der Waals surface area contributed by atoms with E-state index < -0.39 is 0 Å². The van der Waals surface area contributed by atoms with Gasteiger partial charge >= 0.3 is 0 Å². The third-order valence-corrected chi connectivity index (χ3v) is 6.37. The second-order valence-corrected chi connectivity index (χ2v) is 8.81. The van der Waals surface area contributed by atoms with Crippen LogP contribution in [0.3, 0.4) is 0 Å². The van der Waals surface area contributed by atoms with Crippen molar-refractivity contribution >= 4 is 61.2 Å². The number of thioether (sulfide) groups is 1. The topological polar surface area (TPSA) is 61.9 Å². The summed E-state index contributed by atoms with van der Waals surface area (Å²) in [7, 11) is 3.59. The van der Waals surface area contributed by atoms with Crippen molar-refractivity contribution in [2.75, 3.05) is 13.7 Å². The number of nitrogens with zero attached hydrogens (tertiary/aromatic N) is 4. The van der Waals surface area contributed by atoms with Crippen LogP contribution in [0, 0.1) is 0 Å². The van der Waals surface area contributed by atoms with Crippen molar-refractivity contribution in [3.63, 3.8) is 0 Å². The number of fused-ring (bicyclic) bond motifs is 2. The molecule has 0 unspecified atom stereocenters. The summed E-state index contributed by atoms with van der Waals surface area (Å²) in [6.45, 7) is 0.866.